The summed E-state index contributed by atoms with van der Waals surface area (Å²) in [5.41, 5.74) is -0.0845. The molecule has 1 aliphatic heterocycles. The Hall–Kier alpha value is -3.77. The largest absolute Gasteiger partial charge is 0.484 e. The van der Waals surface area contributed by atoms with E-state index in [2.05, 4.69) is 25.6 Å². The zero-order chi connectivity index (χ0) is 27.2. The molecule has 0 spiro atoms. The molecule has 4 rings (SSSR count). The number of aromatic nitrogens is 3. The second kappa shape index (κ2) is 9.27. The van der Waals surface area contributed by atoms with Crippen molar-refractivity contribution in [2.45, 2.75) is 50.8 Å². The number of fused-ring (bicyclic) bond motifs is 1. The second-order valence-corrected chi connectivity index (χ2v) is 11.9. The number of anilines is 3. The predicted octanol–water partition coefficient (Wildman–Crippen LogP) is 3.42. The molecule has 3 N–H and O–H groups in total. The molecule has 0 saturated carbocycles. The maximum atomic E-state index is 12.3. The van der Waals surface area contributed by atoms with Gasteiger partial charge in [-0.15, -0.1) is 0 Å². The van der Waals surface area contributed by atoms with Crippen molar-refractivity contribution in [2.75, 3.05) is 23.5 Å². The summed E-state index contributed by atoms with van der Waals surface area (Å²) in [6.45, 7) is 8.62. The van der Waals surface area contributed by atoms with Gasteiger partial charge in [0, 0.05) is 31.0 Å². The van der Waals surface area contributed by atoms with Gasteiger partial charge in [0.15, 0.2) is 20.6 Å². The predicted molar refractivity (Wildman–Crippen MR) is 138 cm³/mol. The molecule has 0 atom stereocenters. The SMILES string of the molecule is CC(=O)Nc1cc(Nc2cc(C(C)(C)O)cc(S(C)(=O)=O)n2)c(-c2ccc3c(n2)OC(C)(C)CO3)cn1. The Morgan fingerprint density at radius 3 is 2.51 bits per heavy atom. The fourth-order valence-electron chi connectivity index (χ4n) is 3.57. The highest BCUT2D eigenvalue weighted by molar-refractivity contribution is 7.90. The van der Waals surface area contributed by atoms with Crippen LogP contribution in [0.2, 0.25) is 0 Å². The topological polar surface area (TPSA) is 153 Å². The average molecular weight is 528 g/mol. The number of nitrogens with zero attached hydrogens (tertiary/aromatic N) is 3. The Balaban J connectivity index is 1.84. The highest BCUT2D eigenvalue weighted by Gasteiger charge is 2.30. The van der Waals surface area contributed by atoms with Gasteiger partial charge in [-0.25, -0.2) is 23.4 Å². The van der Waals surface area contributed by atoms with Gasteiger partial charge in [0.2, 0.25) is 5.91 Å². The average Bonchev–Trinajstić information content (AvgIpc) is 2.76. The maximum Gasteiger partial charge on any atom is 0.258 e. The van der Waals surface area contributed by atoms with E-state index in [-0.39, 0.29) is 22.6 Å². The molecule has 0 aromatic carbocycles. The first kappa shape index (κ1) is 26.3. The molecule has 3 aromatic rings. The molecule has 0 aliphatic carbocycles. The number of ether oxygens (including phenoxy) is 2. The minimum Gasteiger partial charge on any atom is -0.484 e. The number of aliphatic hydroxyl groups is 1. The highest BCUT2D eigenvalue weighted by atomic mass is 32.2. The van der Waals surface area contributed by atoms with Crippen molar-refractivity contribution >= 4 is 33.1 Å². The van der Waals surface area contributed by atoms with Crippen LogP contribution in [0.5, 0.6) is 11.6 Å². The van der Waals surface area contributed by atoms with Crippen LogP contribution in [0.15, 0.2) is 41.6 Å². The van der Waals surface area contributed by atoms with Gasteiger partial charge < -0.3 is 25.2 Å². The standard InChI is InChI=1S/C25H29N5O6S/c1-14(31)27-20-11-18(28-21-9-15(25(4,5)32)10-22(30-21)37(6,33)34)16(12-26-20)17-7-8-19-23(29-17)36-24(2,3)13-35-19/h7-12,32H,13H2,1-6H3,(H2,26,27,28,30,31). The van der Waals surface area contributed by atoms with Crippen molar-refractivity contribution in [2.24, 2.45) is 0 Å². The van der Waals surface area contributed by atoms with Gasteiger partial charge in [-0.2, -0.15) is 0 Å². The van der Waals surface area contributed by atoms with E-state index in [0.717, 1.165) is 6.26 Å². The van der Waals surface area contributed by atoms with E-state index in [4.69, 9.17) is 9.47 Å². The molecule has 0 saturated heterocycles. The lowest BCUT2D eigenvalue weighted by molar-refractivity contribution is -0.114. The molecule has 0 fully saturated rings. The molecular weight excluding hydrogens is 498 g/mol. The summed E-state index contributed by atoms with van der Waals surface area (Å²) in [7, 11) is -3.68. The minimum atomic E-state index is -3.68. The van der Waals surface area contributed by atoms with Gasteiger partial charge >= 0.3 is 0 Å². The molecule has 12 heteroatoms. The fraction of sp³-hybridized carbons (Fsp3) is 0.360. The van der Waals surface area contributed by atoms with Gasteiger partial charge in [0.05, 0.1) is 17.0 Å². The lowest BCUT2D eigenvalue weighted by atomic mass is 10.00. The number of carbonyl (C=O) groups is 1. The molecule has 1 aliphatic rings. The van der Waals surface area contributed by atoms with Crippen molar-refractivity contribution in [3.05, 3.63) is 42.1 Å². The number of sulfone groups is 1. The molecule has 37 heavy (non-hydrogen) atoms. The summed E-state index contributed by atoms with van der Waals surface area (Å²) in [4.78, 5) is 24.8. The Morgan fingerprint density at radius 2 is 1.86 bits per heavy atom. The van der Waals surface area contributed by atoms with Gasteiger partial charge in [-0.3, -0.25) is 4.79 Å². The van der Waals surface area contributed by atoms with Gasteiger partial charge in [-0.05, 0) is 57.5 Å². The number of pyridine rings is 3. The van der Waals surface area contributed by atoms with Crippen LogP contribution >= 0.6 is 0 Å². The first-order valence-electron chi connectivity index (χ1n) is 11.4. The third-order valence-corrected chi connectivity index (χ3v) is 6.38. The number of amides is 1. The maximum absolute atomic E-state index is 12.3. The third kappa shape index (κ3) is 6.15. The monoisotopic (exact) mass is 527 g/mol. The first-order valence-corrected chi connectivity index (χ1v) is 13.3. The van der Waals surface area contributed by atoms with Gasteiger partial charge in [-0.1, -0.05) is 0 Å². The van der Waals surface area contributed by atoms with E-state index < -0.39 is 21.0 Å². The van der Waals surface area contributed by atoms with Crippen LogP contribution < -0.4 is 20.1 Å². The molecule has 11 nitrogen and oxygen atoms in total. The summed E-state index contributed by atoms with van der Waals surface area (Å²) < 4.78 is 36.3. The Morgan fingerprint density at radius 1 is 1.14 bits per heavy atom. The zero-order valence-corrected chi connectivity index (χ0v) is 22.2. The number of carbonyl (C=O) groups excluding carboxylic acids is 1. The molecule has 1 amide bonds. The first-order chi connectivity index (χ1) is 17.1. The molecule has 196 valence electrons. The normalized spacial score (nSPS) is 14.7. The number of nitrogens with one attached hydrogen (secondary N) is 2. The zero-order valence-electron chi connectivity index (χ0n) is 21.4. The number of hydrogen-bond acceptors (Lipinski definition) is 10. The summed E-state index contributed by atoms with van der Waals surface area (Å²) in [5, 5.41) is 16.1. The Bertz CT molecular complexity index is 1480. The van der Waals surface area contributed by atoms with Crippen molar-refractivity contribution in [3.8, 4) is 22.9 Å². The van der Waals surface area contributed by atoms with Gasteiger partial charge in [0.25, 0.3) is 5.88 Å². The van der Waals surface area contributed by atoms with Crippen LogP contribution in [0.1, 0.15) is 40.2 Å². The molecule has 0 unspecified atom stereocenters. The fourth-order valence-corrected chi connectivity index (χ4v) is 4.17. The lowest BCUT2D eigenvalue weighted by Gasteiger charge is -2.31. The van der Waals surface area contributed by atoms with Crippen LogP contribution in [-0.2, 0) is 20.2 Å². The van der Waals surface area contributed by atoms with Crippen LogP contribution in [0, 0.1) is 0 Å². The second-order valence-electron chi connectivity index (χ2n) is 9.98. The van der Waals surface area contributed by atoms with Gasteiger partial charge in [0.1, 0.15) is 23.8 Å². The molecule has 0 radical (unpaired) electrons. The van der Waals surface area contributed by atoms with Crippen LogP contribution in [0.25, 0.3) is 11.3 Å². The van der Waals surface area contributed by atoms with Crippen molar-refractivity contribution < 1.29 is 27.8 Å². The third-order valence-electron chi connectivity index (χ3n) is 5.41. The number of rotatable bonds is 6. The van der Waals surface area contributed by atoms with Crippen LogP contribution in [-0.4, -0.2) is 52.8 Å². The van der Waals surface area contributed by atoms with Crippen molar-refractivity contribution in [1.82, 2.24) is 15.0 Å². The van der Waals surface area contributed by atoms with E-state index >= 15 is 0 Å². The quantitative estimate of drug-likeness (QED) is 0.435. The smallest absolute Gasteiger partial charge is 0.258 e. The molecule has 4 heterocycles. The summed E-state index contributed by atoms with van der Waals surface area (Å²) >= 11 is 0. The summed E-state index contributed by atoms with van der Waals surface area (Å²) in [5.74, 6) is 0.955. The highest BCUT2D eigenvalue weighted by Crippen LogP contribution is 2.38. The summed E-state index contributed by atoms with van der Waals surface area (Å²) in [6, 6.07) is 7.95. The Kier molecular flexibility index (Phi) is 6.59. The number of hydrogen-bond donors (Lipinski definition) is 3. The van der Waals surface area contributed by atoms with Crippen molar-refractivity contribution in [1.29, 1.82) is 0 Å². The van der Waals surface area contributed by atoms with Crippen LogP contribution in [0.4, 0.5) is 17.3 Å². The lowest BCUT2D eigenvalue weighted by Crippen LogP contribution is -2.39. The van der Waals surface area contributed by atoms with E-state index in [1.54, 1.807) is 38.1 Å². The van der Waals surface area contributed by atoms with E-state index in [1.165, 1.54) is 19.2 Å². The Labute approximate surface area is 215 Å². The van der Waals surface area contributed by atoms with E-state index in [1.807, 2.05) is 13.8 Å². The molecular formula is C25H29N5O6S. The minimum absolute atomic E-state index is 0.167. The van der Waals surface area contributed by atoms with Crippen LogP contribution in [0.3, 0.4) is 0 Å². The van der Waals surface area contributed by atoms with Crippen molar-refractivity contribution in [3.63, 3.8) is 0 Å². The molecule has 0 bridgehead atoms. The summed E-state index contributed by atoms with van der Waals surface area (Å²) in [6.07, 6.45) is 2.56. The van der Waals surface area contributed by atoms with E-state index in [0.29, 0.717) is 40.7 Å². The molecule has 3 aromatic heterocycles. The van der Waals surface area contributed by atoms with E-state index in [9.17, 15) is 18.3 Å².